The van der Waals surface area contributed by atoms with Crippen LogP contribution in [-0.2, 0) is 4.79 Å². The zero-order valence-corrected chi connectivity index (χ0v) is 10.2. The molecule has 6 heteroatoms. The lowest BCUT2D eigenvalue weighted by Gasteiger charge is -1.98. The molecule has 0 fully saturated rings. The van der Waals surface area contributed by atoms with Gasteiger partial charge in [0.2, 0.25) is 5.91 Å². The molecule has 1 amide bonds. The fraction of sp³-hybridized carbons (Fsp3) is 0.273. The van der Waals surface area contributed by atoms with Gasteiger partial charge in [0.05, 0.1) is 5.75 Å². The molecule has 3 N–H and O–H groups in total. The van der Waals surface area contributed by atoms with Crippen LogP contribution < -0.4 is 11.1 Å². The summed E-state index contributed by atoms with van der Waals surface area (Å²) in [5.41, 5.74) is 7.68. The van der Waals surface area contributed by atoms with Gasteiger partial charge in [0, 0.05) is 12.2 Å². The normalized spacial score (nSPS) is 10.6. The van der Waals surface area contributed by atoms with E-state index < -0.39 is 0 Å². The maximum atomic E-state index is 11.3. The number of oxazole rings is 1. The number of nitrogens with one attached hydrogen (secondary N) is 1. The molecule has 5 nitrogen and oxygen atoms in total. The minimum atomic E-state index is -0.0285. The number of nitrogens with two attached hydrogens (primary N) is 1. The van der Waals surface area contributed by atoms with Crippen molar-refractivity contribution >= 4 is 34.5 Å². The van der Waals surface area contributed by atoms with E-state index in [0.717, 1.165) is 0 Å². The molecule has 0 saturated heterocycles. The van der Waals surface area contributed by atoms with E-state index in [4.69, 9.17) is 10.2 Å². The van der Waals surface area contributed by atoms with Gasteiger partial charge in [-0.05, 0) is 25.1 Å². The monoisotopic (exact) mass is 251 g/mol. The molecule has 0 saturated carbocycles. The van der Waals surface area contributed by atoms with Crippen LogP contribution >= 0.6 is 11.8 Å². The van der Waals surface area contributed by atoms with Crippen molar-refractivity contribution in [2.75, 3.05) is 18.0 Å². The summed E-state index contributed by atoms with van der Waals surface area (Å²) in [4.78, 5) is 15.5. The van der Waals surface area contributed by atoms with Crippen LogP contribution in [0.4, 0.5) is 5.69 Å². The fourth-order valence-corrected chi connectivity index (χ4v) is 2.03. The quantitative estimate of drug-likeness (QED) is 0.637. The third-order valence-electron chi connectivity index (χ3n) is 2.09. The zero-order valence-electron chi connectivity index (χ0n) is 9.40. The number of amides is 1. The summed E-state index contributed by atoms with van der Waals surface area (Å²) >= 11 is 1.27. The van der Waals surface area contributed by atoms with Crippen molar-refractivity contribution in [3.05, 3.63) is 18.2 Å². The highest BCUT2D eigenvalue weighted by atomic mass is 32.2. The van der Waals surface area contributed by atoms with Gasteiger partial charge in [0.15, 0.2) is 5.58 Å². The minimum absolute atomic E-state index is 0.0285. The average Bonchev–Trinajstić information content (AvgIpc) is 2.68. The number of fused-ring (bicyclic) bond motifs is 1. The first-order valence-electron chi connectivity index (χ1n) is 5.24. The Balaban J connectivity index is 2.07. The molecule has 0 aliphatic heterocycles. The number of hydrogen-bond acceptors (Lipinski definition) is 5. The van der Waals surface area contributed by atoms with Gasteiger partial charge >= 0.3 is 0 Å². The Morgan fingerprint density at radius 3 is 3.18 bits per heavy atom. The predicted molar refractivity (Wildman–Crippen MR) is 67.8 cm³/mol. The van der Waals surface area contributed by atoms with Crippen molar-refractivity contribution in [1.82, 2.24) is 10.3 Å². The topological polar surface area (TPSA) is 81.2 Å². The zero-order chi connectivity index (χ0) is 12.3. The second-order valence-electron chi connectivity index (χ2n) is 3.45. The van der Waals surface area contributed by atoms with Crippen LogP contribution in [0.1, 0.15) is 6.92 Å². The summed E-state index contributed by atoms with van der Waals surface area (Å²) in [6.45, 7) is 2.51. The molecule has 0 radical (unpaired) electrons. The molecule has 0 aliphatic rings. The van der Waals surface area contributed by atoms with Crippen molar-refractivity contribution in [3.63, 3.8) is 0 Å². The number of anilines is 1. The number of thioether (sulfide) groups is 1. The molecule has 1 aromatic heterocycles. The number of rotatable bonds is 4. The van der Waals surface area contributed by atoms with Crippen molar-refractivity contribution in [2.24, 2.45) is 0 Å². The van der Waals surface area contributed by atoms with E-state index in [1.165, 1.54) is 11.8 Å². The number of aromatic nitrogens is 1. The van der Waals surface area contributed by atoms with Crippen molar-refractivity contribution in [2.45, 2.75) is 12.1 Å². The predicted octanol–water partition coefficient (Wildman–Crippen LogP) is 1.64. The van der Waals surface area contributed by atoms with E-state index in [2.05, 4.69) is 10.3 Å². The van der Waals surface area contributed by atoms with Gasteiger partial charge in [0.1, 0.15) is 5.52 Å². The largest absolute Gasteiger partial charge is 0.431 e. The Kier molecular flexibility index (Phi) is 3.53. The van der Waals surface area contributed by atoms with Gasteiger partial charge in [-0.15, -0.1) is 0 Å². The smallest absolute Gasteiger partial charge is 0.257 e. The Hall–Kier alpha value is -1.69. The van der Waals surface area contributed by atoms with Gasteiger partial charge in [-0.2, -0.15) is 0 Å². The fourth-order valence-electron chi connectivity index (χ4n) is 1.36. The second-order valence-corrected chi connectivity index (χ2v) is 4.38. The van der Waals surface area contributed by atoms with E-state index in [-0.39, 0.29) is 5.91 Å². The molecule has 0 atom stereocenters. The minimum Gasteiger partial charge on any atom is -0.431 e. The van der Waals surface area contributed by atoms with Gasteiger partial charge in [-0.1, -0.05) is 11.8 Å². The third kappa shape index (κ3) is 2.91. The number of benzene rings is 1. The lowest BCUT2D eigenvalue weighted by atomic mass is 10.3. The Morgan fingerprint density at radius 2 is 2.41 bits per heavy atom. The summed E-state index contributed by atoms with van der Waals surface area (Å²) in [7, 11) is 0. The highest BCUT2D eigenvalue weighted by Crippen LogP contribution is 2.24. The highest BCUT2D eigenvalue weighted by molar-refractivity contribution is 7.99. The molecule has 90 valence electrons. The van der Waals surface area contributed by atoms with E-state index in [0.29, 0.717) is 34.3 Å². The van der Waals surface area contributed by atoms with Gasteiger partial charge < -0.3 is 15.5 Å². The SMILES string of the molecule is CCNC(=O)CSc1nc2cc(N)ccc2o1. The molecule has 0 spiro atoms. The highest BCUT2D eigenvalue weighted by Gasteiger charge is 2.08. The third-order valence-corrected chi connectivity index (χ3v) is 2.92. The van der Waals surface area contributed by atoms with Crippen LogP contribution in [0.3, 0.4) is 0 Å². The van der Waals surface area contributed by atoms with Crippen LogP contribution in [-0.4, -0.2) is 23.2 Å². The van der Waals surface area contributed by atoms with Crippen LogP contribution in [0.5, 0.6) is 0 Å². The number of nitrogen functional groups attached to an aromatic ring is 1. The van der Waals surface area contributed by atoms with Crippen molar-refractivity contribution in [3.8, 4) is 0 Å². The lowest BCUT2D eigenvalue weighted by Crippen LogP contribution is -2.24. The number of carbonyl (C=O) groups excluding carboxylic acids is 1. The van der Waals surface area contributed by atoms with E-state index in [1.54, 1.807) is 18.2 Å². The average molecular weight is 251 g/mol. The molecular formula is C11H13N3O2S. The summed E-state index contributed by atoms with van der Waals surface area (Å²) < 4.78 is 5.47. The molecular weight excluding hydrogens is 238 g/mol. The molecule has 0 unspecified atom stereocenters. The van der Waals surface area contributed by atoms with Crippen LogP contribution in [0.25, 0.3) is 11.1 Å². The van der Waals surface area contributed by atoms with Gasteiger partial charge in [-0.25, -0.2) is 4.98 Å². The number of nitrogens with zero attached hydrogens (tertiary/aromatic N) is 1. The first-order valence-corrected chi connectivity index (χ1v) is 6.23. The van der Waals surface area contributed by atoms with Crippen LogP contribution in [0.2, 0.25) is 0 Å². The Bertz CT molecular complexity index is 538. The van der Waals surface area contributed by atoms with Crippen LogP contribution in [0, 0.1) is 0 Å². The van der Waals surface area contributed by atoms with E-state index >= 15 is 0 Å². The standard InChI is InChI=1S/C11H13N3O2S/c1-2-13-10(15)6-17-11-14-8-5-7(12)3-4-9(8)16-11/h3-5H,2,6,12H2,1H3,(H,13,15). The van der Waals surface area contributed by atoms with Crippen molar-refractivity contribution < 1.29 is 9.21 Å². The molecule has 2 aromatic rings. The maximum absolute atomic E-state index is 11.3. The first-order chi connectivity index (χ1) is 8.19. The second kappa shape index (κ2) is 5.09. The number of hydrogen-bond donors (Lipinski definition) is 2. The van der Waals surface area contributed by atoms with Crippen LogP contribution in [0.15, 0.2) is 27.8 Å². The van der Waals surface area contributed by atoms with Crippen molar-refractivity contribution in [1.29, 1.82) is 0 Å². The summed E-state index contributed by atoms with van der Waals surface area (Å²) in [5, 5.41) is 3.19. The maximum Gasteiger partial charge on any atom is 0.257 e. The molecule has 17 heavy (non-hydrogen) atoms. The summed E-state index contributed by atoms with van der Waals surface area (Å²) in [5.74, 6) is 0.273. The summed E-state index contributed by atoms with van der Waals surface area (Å²) in [6.07, 6.45) is 0. The Morgan fingerprint density at radius 1 is 1.59 bits per heavy atom. The van der Waals surface area contributed by atoms with E-state index in [9.17, 15) is 4.79 Å². The Labute approximate surface area is 103 Å². The lowest BCUT2D eigenvalue weighted by molar-refractivity contribution is -0.118. The number of carbonyl (C=O) groups is 1. The molecule has 1 aromatic carbocycles. The first kappa shape index (κ1) is 11.8. The molecule has 1 heterocycles. The molecule has 0 aliphatic carbocycles. The van der Waals surface area contributed by atoms with Gasteiger partial charge in [-0.3, -0.25) is 4.79 Å². The van der Waals surface area contributed by atoms with Gasteiger partial charge in [0.25, 0.3) is 5.22 Å². The van der Waals surface area contributed by atoms with E-state index in [1.807, 2.05) is 6.92 Å². The molecule has 0 bridgehead atoms. The summed E-state index contributed by atoms with van der Waals surface area (Å²) in [6, 6.07) is 5.27. The molecule has 2 rings (SSSR count).